The number of methoxy groups -OCH3 is 1. The maximum absolute atomic E-state index is 10.4. The molecule has 0 N–H and O–H groups in total. The van der Waals surface area contributed by atoms with E-state index in [-0.39, 0.29) is 11.5 Å². The third-order valence-corrected chi connectivity index (χ3v) is 0.782. The van der Waals surface area contributed by atoms with Crippen molar-refractivity contribution in [3.05, 3.63) is 17.9 Å². The average molecular weight is 140 g/mol. The van der Waals surface area contributed by atoms with E-state index in [1.165, 1.54) is 26.1 Å². The van der Waals surface area contributed by atoms with Gasteiger partial charge >= 0.3 is 0 Å². The lowest BCUT2D eigenvalue weighted by molar-refractivity contribution is -0.112. The second-order valence-corrected chi connectivity index (χ2v) is 1.62. The zero-order valence-electron chi connectivity index (χ0n) is 5.88. The average Bonchev–Trinajstić information content (AvgIpc) is 1.86. The Labute approximate surface area is 59.0 Å². The lowest BCUT2D eigenvalue weighted by Gasteiger charge is -1.93. The zero-order chi connectivity index (χ0) is 7.98. The van der Waals surface area contributed by atoms with Crippen LogP contribution in [0.3, 0.4) is 0 Å². The summed E-state index contributed by atoms with van der Waals surface area (Å²) in [6.45, 7) is 1.37. The van der Waals surface area contributed by atoms with Gasteiger partial charge in [-0.3, -0.25) is 4.79 Å². The summed E-state index contributed by atoms with van der Waals surface area (Å²) in [6, 6.07) is 0. The van der Waals surface area contributed by atoms with Crippen molar-refractivity contribution in [1.82, 2.24) is 0 Å². The second-order valence-electron chi connectivity index (χ2n) is 1.62. The lowest BCUT2D eigenvalue weighted by Crippen LogP contribution is -1.88. The summed E-state index contributed by atoms with van der Waals surface area (Å²) in [5.74, 6) is 1.56. The van der Waals surface area contributed by atoms with E-state index in [0.717, 1.165) is 6.08 Å². The quantitative estimate of drug-likeness (QED) is 0.248. The number of hydrogen-bond donors (Lipinski definition) is 0. The summed E-state index contributed by atoms with van der Waals surface area (Å²) in [4.78, 5) is 20.1. The highest BCUT2D eigenvalue weighted by molar-refractivity contribution is 5.88. The van der Waals surface area contributed by atoms with Gasteiger partial charge in [0.15, 0.2) is 5.78 Å². The molecule has 0 aliphatic heterocycles. The van der Waals surface area contributed by atoms with E-state index in [2.05, 4.69) is 4.74 Å². The van der Waals surface area contributed by atoms with Crippen LogP contribution in [-0.4, -0.2) is 18.8 Å². The summed E-state index contributed by atoms with van der Waals surface area (Å²) < 4.78 is 4.62. The summed E-state index contributed by atoms with van der Waals surface area (Å²) >= 11 is 0. The number of allylic oxidation sites excluding steroid dienone is 2. The zero-order valence-corrected chi connectivity index (χ0v) is 5.88. The fraction of sp³-hybridized carbons (Fsp3) is 0.286. The molecule has 0 aromatic heterocycles. The van der Waals surface area contributed by atoms with Crippen LogP contribution in [0.1, 0.15) is 6.92 Å². The van der Waals surface area contributed by atoms with Crippen molar-refractivity contribution in [3.63, 3.8) is 0 Å². The molecule has 0 aliphatic carbocycles. The summed E-state index contributed by atoms with van der Waals surface area (Å²) in [7, 11) is 1.38. The van der Waals surface area contributed by atoms with E-state index in [1.54, 1.807) is 0 Å². The highest BCUT2D eigenvalue weighted by atomic mass is 16.5. The van der Waals surface area contributed by atoms with Gasteiger partial charge in [-0.05, 0) is 6.92 Å². The number of rotatable bonds is 3. The Balaban J connectivity index is 4.32. The first-order valence-corrected chi connectivity index (χ1v) is 2.68. The van der Waals surface area contributed by atoms with Crippen LogP contribution in [-0.2, 0) is 14.3 Å². The molecule has 0 rings (SSSR count). The van der Waals surface area contributed by atoms with Crippen LogP contribution in [0.25, 0.3) is 0 Å². The molecule has 0 unspecified atom stereocenters. The molecule has 0 spiro atoms. The van der Waals surface area contributed by atoms with E-state index >= 15 is 0 Å². The molecule has 0 aromatic carbocycles. The normalized spacial score (nSPS) is 10.0. The van der Waals surface area contributed by atoms with Gasteiger partial charge in [-0.1, -0.05) is 0 Å². The summed E-state index contributed by atoms with van der Waals surface area (Å²) in [5.41, 5.74) is 0. The van der Waals surface area contributed by atoms with Crippen LogP contribution in [0.15, 0.2) is 17.9 Å². The first-order chi connectivity index (χ1) is 4.70. The number of ketones is 1. The first-order valence-electron chi connectivity index (χ1n) is 2.68. The fourth-order valence-electron chi connectivity index (χ4n) is 0.418. The topological polar surface area (TPSA) is 43.4 Å². The van der Waals surface area contributed by atoms with Crippen LogP contribution >= 0.6 is 0 Å². The predicted octanol–water partition coefficient (Wildman–Crippen LogP) is 0.493. The first kappa shape index (κ1) is 8.66. The minimum absolute atomic E-state index is 0.164. The van der Waals surface area contributed by atoms with Crippen LogP contribution in [0.2, 0.25) is 0 Å². The van der Waals surface area contributed by atoms with E-state index in [4.69, 9.17) is 0 Å². The van der Waals surface area contributed by atoms with Crippen LogP contribution in [0.5, 0.6) is 0 Å². The van der Waals surface area contributed by atoms with Crippen LogP contribution in [0.4, 0.5) is 0 Å². The number of ether oxygens (including phenoxy) is 1. The summed E-state index contributed by atoms with van der Waals surface area (Å²) in [5, 5.41) is 0. The van der Waals surface area contributed by atoms with E-state index in [9.17, 15) is 9.59 Å². The highest BCUT2D eigenvalue weighted by Crippen LogP contribution is 1.94. The number of carbonyl (C=O) groups is 1. The summed E-state index contributed by atoms with van der Waals surface area (Å²) in [6.07, 6.45) is 2.27. The molecule has 0 radical (unpaired) electrons. The number of carbonyl (C=O) groups excluding carboxylic acids is 2. The molecule has 54 valence electrons. The van der Waals surface area contributed by atoms with Crippen molar-refractivity contribution in [2.45, 2.75) is 6.92 Å². The van der Waals surface area contributed by atoms with Gasteiger partial charge in [-0.25, -0.2) is 4.79 Å². The third-order valence-electron chi connectivity index (χ3n) is 0.782. The minimum Gasteiger partial charge on any atom is -0.496 e. The Morgan fingerprint density at radius 3 is 2.50 bits per heavy atom. The fourth-order valence-corrected chi connectivity index (χ4v) is 0.418. The van der Waals surface area contributed by atoms with Crippen molar-refractivity contribution in [2.75, 3.05) is 7.11 Å². The van der Waals surface area contributed by atoms with Crippen molar-refractivity contribution >= 4 is 11.7 Å². The van der Waals surface area contributed by atoms with Crippen LogP contribution in [0, 0.1) is 0 Å². The van der Waals surface area contributed by atoms with Gasteiger partial charge in [-0.15, -0.1) is 0 Å². The van der Waals surface area contributed by atoms with E-state index in [1.807, 2.05) is 0 Å². The van der Waals surface area contributed by atoms with E-state index in [0.29, 0.717) is 0 Å². The molecule has 10 heavy (non-hydrogen) atoms. The highest BCUT2D eigenvalue weighted by Gasteiger charge is 1.91. The molecular formula is C7H8O3. The lowest BCUT2D eigenvalue weighted by atomic mass is 10.3. The molecule has 0 aromatic rings. The molecule has 3 heteroatoms. The van der Waals surface area contributed by atoms with Gasteiger partial charge in [0.2, 0.25) is 0 Å². The molecular weight excluding hydrogens is 132 g/mol. The molecule has 0 fully saturated rings. The SMILES string of the molecule is COC(C=C=O)=CC(C)=O. The monoisotopic (exact) mass is 140 g/mol. The van der Waals surface area contributed by atoms with Gasteiger partial charge in [0, 0.05) is 6.08 Å². The van der Waals surface area contributed by atoms with Gasteiger partial charge in [0.05, 0.1) is 13.2 Å². The van der Waals surface area contributed by atoms with Gasteiger partial charge in [0.25, 0.3) is 0 Å². The smallest absolute Gasteiger partial charge is 0.156 e. The van der Waals surface area contributed by atoms with Crippen molar-refractivity contribution in [2.24, 2.45) is 0 Å². The standard InChI is InChI=1S/C7H8O3/c1-6(9)5-7(10-2)3-4-8/h3,5H,1-2H3. The molecule has 0 saturated carbocycles. The molecule has 0 heterocycles. The Bertz CT molecular complexity index is 197. The molecule has 3 nitrogen and oxygen atoms in total. The Hall–Kier alpha value is -1.34. The van der Waals surface area contributed by atoms with Gasteiger partial charge in [0.1, 0.15) is 11.7 Å². The Kier molecular flexibility index (Phi) is 3.92. The predicted molar refractivity (Wildman–Crippen MR) is 36.0 cm³/mol. The van der Waals surface area contributed by atoms with Gasteiger partial charge in [-0.2, -0.15) is 0 Å². The minimum atomic E-state index is -0.164. The second kappa shape index (κ2) is 4.53. The van der Waals surface area contributed by atoms with Crippen molar-refractivity contribution in [1.29, 1.82) is 0 Å². The largest absolute Gasteiger partial charge is 0.496 e. The molecule has 0 bridgehead atoms. The van der Waals surface area contributed by atoms with Crippen molar-refractivity contribution < 1.29 is 14.3 Å². The maximum Gasteiger partial charge on any atom is 0.156 e. The maximum atomic E-state index is 10.4. The van der Waals surface area contributed by atoms with Crippen molar-refractivity contribution in [3.8, 4) is 0 Å². The molecule has 0 atom stereocenters. The van der Waals surface area contributed by atoms with E-state index < -0.39 is 0 Å². The third kappa shape index (κ3) is 3.64. The molecule has 0 saturated heterocycles. The van der Waals surface area contributed by atoms with Gasteiger partial charge < -0.3 is 4.74 Å². The van der Waals surface area contributed by atoms with Crippen LogP contribution < -0.4 is 0 Å². The Morgan fingerprint density at radius 2 is 2.20 bits per heavy atom. The molecule has 0 aliphatic rings. The molecule has 0 amide bonds. The Morgan fingerprint density at radius 1 is 1.60 bits per heavy atom. The number of hydrogen-bond acceptors (Lipinski definition) is 3.